The maximum Gasteiger partial charge on any atom is 0.316 e. The van der Waals surface area contributed by atoms with Crippen LogP contribution in [0.2, 0.25) is 0 Å². The molecule has 0 aromatic carbocycles. The summed E-state index contributed by atoms with van der Waals surface area (Å²) in [4.78, 5) is 26.7. The monoisotopic (exact) mass is 357 g/mol. The molecule has 1 aliphatic heterocycles. The van der Waals surface area contributed by atoms with Crippen molar-refractivity contribution in [2.45, 2.75) is 57.0 Å². The molecule has 1 aromatic rings. The van der Waals surface area contributed by atoms with E-state index in [2.05, 4.69) is 11.9 Å². The van der Waals surface area contributed by atoms with Gasteiger partial charge in [-0.15, -0.1) is 11.3 Å². The molecular weight excluding hydrogens is 334 g/mol. The van der Waals surface area contributed by atoms with Gasteiger partial charge in [-0.1, -0.05) is 12.6 Å². The van der Waals surface area contributed by atoms with E-state index in [1.54, 1.807) is 11.3 Å². The van der Waals surface area contributed by atoms with Gasteiger partial charge in [0.05, 0.1) is 0 Å². The van der Waals surface area contributed by atoms with Crippen molar-refractivity contribution in [1.29, 1.82) is 0 Å². The summed E-state index contributed by atoms with van der Waals surface area (Å²) in [5.74, 6) is -0.878. The molecule has 25 heavy (non-hydrogen) atoms. The Morgan fingerprint density at radius 2 is 2.04 bits per heavy atom. The van der Waals surface area contributed by atoms with Gasteiger partial charge in [0.15, 0.2) is 5.78 Å². The van der Waals surface area contributed by atoms with Crippen LogP contribution >= 0.6 is 11.3 Å². The summed E-state index contributed by atoms with van der Waals surface area (Å²) in [7, 11) is 0. The first-order chi connectivity index (χ1) is 12.1. The smallest absolute Gasteiger partial charge is 0.316 e. The van der Waals surface area contributed by atoms with Crippen LogP contribution < -0.4 is 5.32 Å². The molecule has 2 atom stereocenters. The van der Waals surface area contributed by atoms with Gasteiger partial charge in [0.2, 0.25) is 0 Å². The molecule has 4 rings (SSSR count). The molecule has 0 amide bonds. The first-order valence-corrected chi connectivity index (χ1v) is 9.99. The normalized spacial score (nSPS) is 27.2. The number of Topliss-reactive ketones (excluding diaryl/α,β-unsaturated/α-hetero) is 1. The number of rotatable bonds is 3. The summed E-state index contributed by atoms with van der Waals surface area (Å²) < 4.78 is 5.80. The third-order valence-electron chi connectivity index (χ3n) is 5.48. The molecular formula is C20H23NO3S. The molecule has 3 aliphatic rings. The van der Waals surface area contributed by atoms with Crippen LogP contribution in [0.1, 0.15) is 55.7 Å². The number of nitrogens with one attached hydrogen (secondary N) is 1. The zero-order valence-electron chi connectivity index (χ0n) is 14.3. The lowest BCUT2D eigenvalue weighted by Crippen LogP contribution is -2.41. The van der Waals surface area contributed by atoms with Crippen LogP contribution in [0, 0.1) is 5.92 Å². The molecule has 4 nitrogen and oxygen atoms in total. The maximum atomic E-state index is 13.0. The highest BCUT2D eigenvalue weighted by molar-refractivity contribution is 7.10. The van der Waals surface area contributed by atoms with Crippen LogP contribution in [0.3, 0.4) is 0 Å². The van der Waals surface area contributed by atoms with Crippen molar-refractivity contribution in [3.63, 3.8) is 0 Å². The van der Waals surface area contributed by atoms with Crippen LogP contribution in [0.25, 0.3) is 0 Å². The van der Waals surface area contributed by atoms with Crippen molar-refractivity contribution in [2.75, 3.05) is 0 Å². The number of carbonyl (C=O) groups excluding carboxylic acids is 2. The van der Waals surface area contributed by atoms with Gasteiger partial charge in [0.25, 0.3) is 0 Å². The van der Waals surface area contributed by atoms with E-state index >= 15 is 0 Å². The van der Waals surface area contributed by atoms with E-state index in [0.29, 0.717) is 12.1 Å². The third-order valence-corrected chi connectivity index (χ3v) is 6.43. The molecule has 1 fully saturated rings. The highest BCUT2D eigenvalue weighted by atomic mass is 32.1. The molecule has 2 heterocycles. The van der Waals surface area contributed by atoms with Crippen LogP contribution in [0.4, 0.5) is 0 Å². The number of allylic oxidation sites excluding steroid dienone is 2. The Bertz CT molecular complexity index is 728. The number of carbonyl (C=O) groups is 2. The topological polar surface area (TPSA) is 55.4 Å². The Balaban J connectivity index is 1.71. The second kappa shape index (κ2) is 6.79. The van der Waals surface area contributed by atoms with E-state index in [1.807, 2.05) is 17.5 Å². The fourth-order valence-electron chi connectivity index (χ4n) is 4.29. The van der Waals surface area contributed by atoms with Gasteiger partial charge in [-0.05, 0) is 50.0 Å². The fraction of sp³-hybridized carbons (Fsp3) is 0.500. The minimum absolute atomic E-state index is 0.0155. The molecule has 1 aromatic heterocycles. The number of hydrogen-bond acceptors (Lipinski definition) is 5. The van der Waals surface area contributed by atoms with E-state index in [1.165, 1.54) is 0 Å². The average molecular weight is 357 g/mol. The summed E-state index contributed by atoms with van der Waals surface area (Å²) in [6.07, 6.45) is 6.37. The largest absolute Gasteiger partial charge is 0.462 e. The van der Waals surface area contributed by atoms with Crippen LogP contribution in [0.5, 0.6) is 0 Å². The van der Waals surface area contributed by atoms with Gasteiger partial charge in [0.1, 0.15) is 12.0 Å². The van der Waals surface area contributed by atoms with E-state index in [0.717, 1.165) is 54.7 Å². The van der Waals surface area contributed by atoms with Crippen LogP contribution in [-0.2, 0) is 14.3 Å². The van der Waals surface area contributed by atoms with Crippen molar-refractivity contribution in [2.24, 2.45) is 5.92 Å². The third kappa shape index (κ3) is 3.06. The van der Waals surface area contributed by atoms with Crippen molar-refractivity contribution in [3.8, 4) is 0 Å². The fourth-order valence-corrected chi connectivity index (χ4v) is 5.16. The van der Waals surface area contributed by atoms with E-state index in [-0.39, 0.29) is 23.8 Å². The zero-order chi connectivity index (χ0) is 17.4. The maximum absolute atomic E-state index is 13.0. The molecule has 132 valence electrons. The average Bonchev–Trinajstić information content (AvgIpc) is 3.27. The summed E-state index contributed by atoms with van der Waals surface area (Å²) in [6.45, 7) is 4.11. The van der Waals surface area contributed by atoms with Crippen molar-refractivity contribution >= 4 is 23.1 Å². The summed E-state index contributed by atoms with van der Waals surface area (Å²) in [6, 6.07) is 3.98. The quantitative estimate of drug-likeness (QED) is 0.829. The molecule has 2 unspecified atom stereocenters. The van der Waals surface area contributed by atoms with Gasteiger partial charge in [-0.2, -0.15) is 0 Å². The lowest BCUT2D eigenvalue weighted by Gasteiger charge is -2.37. The summed E-state index contributed by atoms with van der Waals surface area (Å²) >= 11 is 1.59. The predicted octanol–water partition coefficient (Wildman–Crippen LogP) is 4.06. The molecule has 1 N–H and O–H groups in total. The van der Waals surface area contributed by atoms with E-state index in [4.69, 9.17) is 4.74 Å². The molecule has 5 heteroatoms. The van der Waals surface area contributed by atoms with Gasteiger partial charge in [-0.25, -0.2) is 0 Å². The molecule has 2 aliphatic carbocycles. The molecule has 0 saturated heterocycles. The van der Waals surface area contributed by atoms with Crippen molar-refractivity contribution < 1.29 is 14.3 Å². The van der Waals surface area contributed by atoms with E-state index < -0.39 is 5.92 Å². The Kier molecular flexibility index (Phi) is 4.50. The molecule has 0 spiro atoms. The second-order valence-electron chi connectivity index (χ2n) is 7.13. The highest BCUT2D eigenvalue weighted by Crippen LogP contribution is 2.45. The standard InChI is InChI=1S/C20H23NO3S/c1-12-17(20(23)24-13-6-2-3-7-13)19(16-10-5-11-25-16)18-14(21-12)8-4-9-15(18)22/h5,10-11,13,17,19,21H,1-4,6-9H2. The number of hydrogen-bond donors (Lipinski definition) is 1. The lowest BCUT2D eigenvalue weighted by molar-refractivity contribution is -0.153. The Morgan fingerprint density at radius 3 is 2.76 bits per heavy atom. The highest BCUT2D eigenvalue weighted by Gasteiger charge is 2.44. The second-order valence-corrected chi connectivity index (χ2v) is 8.11. The minimum Gasteiger partial charge on any atom is -0.462 e. The van der Waals surface area contributed by atoms with Crippen molar-refractivity contribution in [3.05, 3.63) is 45.9 Å². The Hall–Kier alpha value is -1.88. The van der Waals surface area contributed by atoms with E-state index in [9.17, 15) is 9.59 Å². The predicted molar refractivity (Wildman–Crippen MR) is 97.1 cm³/mol. The van der Waals surface area contributed by atoms with Crippen LogP contribution in [-0.4, -0.2) is 17.9 Å². The molecule has 0 radical (unpaired) electrons. The van der Waals surface area contributed by atoms with Gasteiger partial charge in [0, 0.05) is 34.2 Å². The molecule has 1 saturated carbocycles. The Labute approximate surface area is 152 Å². The lowest BCUT2D eigenvalue weighted by atomic mass is 9.74. The van der Waals surface area contributed by atoms with Gasteiger partial charge >= 0.3 is 5.97 Å². The van der Waals surface area contributed by atoms with Crippen LogP contribution in [0.15, 0.2) is 41.1 Å². The summed E-state index contributed by atoms with van der Waals surface area (Å²) in [5, 5.41) is 5.26. The number of thiophene rings is 1. The number of ketones is 1. The Morgan fingerprint density at radius 1 is 1.24 bits per heavy atom. The first-order valence-electron chi connectivity index (χ1n) is 9.11. The van der Waals surface area contributed by atoms with Gasteiger partial charge in [-0.3, -0.25) is 9.59 Å². The SMILES string of the molecule is C=C1NC2=C(C(=O)CCC2)C(c2cccs2)C1C(=O)OC1CCCC1. The zero-order valence-corrected chi connectivity index (χ0v) is 15.1. The minimum atomic E-state index is -0.528. The number of esters is 1. The number of ether oxygens (including phenoxy) is 1. The first kappa shape index (κ1) is 16.6. The molecule has 0 bridgehead atoms. The van der Waals surface area contributed by atoms with Crippen molar-refractivity contribution in [1.82, 2.24) is 5.32 Å². The van der Waals surface area contributed by atoms with Gasteiger partial charge < -0.3 is 10.1 Å². The summed E-state index contributed by atoms with van der Waals surface area (Å²) in [5.41, 5.74) is 2.38.